The van der Waals surface area contributed by atoms with Gasteiger partial charge in [-0.1, -0.05) is 12.1 Å². The lowest BCUT2D eigenvalue weighted by Gasteiger charge is -1.88. The Morgan fingerprint density at radius 1 is 1.22 bits per heavy atom. The van der Waals surface area contributed by atoms with Gasteiger partial charge in [0.15, 0.2) is 0 Å². The molecule has 3 rings (SSSR count). The topological polar surface area (TPSA) is 61.8 Å². The van der Waals surface area contributed by atoms with Crippen LogP contribution in [-0.4, -0.2) is 20.1 Å². The van der Waals surface area contributed by atoms with E-state index in [1.165, 1.54) is 18.3 Å². The van der Waals surface area contributed by atoms with Gasteiger partial charge in [0.25, 0.3) is 0 Å². The number of aromatic amines is 1. The molecule has 0 saturated heterocycles. The van der Waals surface area contributed by atoms with Crippen LogP contribution >= 0.6 is 12.6 Å². The fourth-order valence-corrected chi connectivity index (χ4v) is 1.69. The molecular formula is C13H13N3OS. The number of pyridine rings is 1. The molecule has 2 aromatic heterocycles. The van der Waals surface area contributed by atoms with Crippen molar-refractivity contribution in [2.24, 2.45) is 0 Å². The van der Waals surface area contributed by atoms with Crippen LogP contribution < -0.4 is 0 Å². The maximum atomic E-state index is 8.72. The largest absolute Gasteiger partial charge is 0.508 e. The lowest BCUT2D eigenvalue weighted by Crippen LogP contribution is -1.70. The normalized spacial score (nSPS) is 9.89. The van der Waals surface area contributed by atoms with Gasteiger partial charge in [-0.05, 0) is 25.1 Å². The van der Waals surface area contributed by atoms with E-state index in [-0.39, 0.29) is 5.75 Å². The highest BCUT2D eigenvalue weighted by atomic mass is 32.1. The number of hydrogen-bond donors (Lipinski definition) is 3. The fourth-order valence-electron chi connectivity index (χ4n) is 1.49. The molecule has 0 aliphatic rings. The highest BCUT2D eigenvalue weighted by Gasteiger charge is 1.94. The summed E-state index contributed by atoms with van der Waals surface area (Å²) < 4.78 is 0. The molecular weight excluding hydrogens is 246 g/mol. The smallest absolute Gasteiger partial charge is 0.119 e. The summed E-state index contributed by atoms with van der Waals surface area (Å²) in [5.74, 6) is 1.17. The number of aromatic nitrogens is 3. The Hall–Kier alpha value is -2.01. The minimum absolute atomic E-state index is 0.199. The average molecular weight is 259 g/mol. The second kappa shape index (κ2) is 5.55. The Bertz CT molecular complexity index is 601. The van der Waals surface area contributed by atoms with E-state index in [1.807, 2.05) is 31.2 Å². The van der Waals surface area contributed by atoms with Crippen LogP contribution in [0.25, 0.3) is 11.0 Å². The number of rotatable bonds is 0. The van der Waals surface area contributed by atoms with Crippen LogP contribution in [0.1, 0.15) is 5.82 Å². The van der Waals surface area contributed by atoms with E-state index in [0.29, 0.717) is 5.03 Å². The Balaban J connectivity index is 0.000000138. The first-order valence-corrected chi connectivity index (χ1v) is 5.85. The molecule has 2 heterocycles. The van der Waals surface area contributed by atoms with E-state index >= 15 is 0 Å². The lowest BCUT2D eigenvalue weighted by molar-refractivity contribution is 0.472. The van der Waals surface area contributed by atoms with Crippen molar-refractivity contribution in [3.63, 3.8) is 0 Å². The van der Waals surface area contributed by atoms with Crippen molar-refractivity contribution in [2.45, 2.75) is 11.9 Å². The number of aromatic hydroxyl groups is 1. The van der Waals surface area contributed by atoms with E-state index in [4.69, 9.17) is 5.11 Å². The summed E-state index contributed by atoms with van der Waals surface area (Å²) in [6.45, 7) is 1.96. The SMILES string of the molecule is Cc1nc2ccccc2[nH]1.Oc1ccnc(S)c1. The third kappa shape index (κ3) is 3.24. The summed E-state index contributed by atoms with van der Waals surface area (Å²) in [4.78, 5) is 11.1. The summed E-state index contributed by atoms with van der Waals surface area (Å²) in [5, 5.41) is 9.26. The van der Waals surface area contributed by atoms with E-state index in [2.05, 4.69) is 27.6 Å². The highest BCUT2D eigenvalue weighted by Crippen LogP contribution is 2.09. The van der Waals surface area contributed by atoms with Crippen LogP contribution in [0.4, 0.5) is 0 Å². The van der Waals surface area contributed by atoms with Gasteiger partial charge in [0.2, 0.25) is 0 Å². The number of aryl methyl sites for hydroxylation is 1. The van der Waals surface area contributed by atoms with Crippen molar-refractivity contribution >= 4 is 23.7 Å². The number of imidazole rings is 1. The second-order valence-electron chi connectivity index (χ2n) is 3.71. The predicted molar refractivity (Wildman–Crippen MR) is 74.0 cm³/mol. The van der Waals surface area contributed by atoms with Gasteiger partial charge in [-0.3, -0.25) is 0 Å². The monoisotopic (exact) mass is 259 g/mol. The van der Waals surface area contributed by atoms with Crippen molar-refractivity contribution in [1.82, 2.24) is 15.0 Å². The number of H-pyrrole nitrogens is 1. The van der Waals surface area contributed by atoms with Gasteiger partial charge in [0.05, 0.1) is 16.1 Å². The molecule has 5 heteroatoms. The van der Waals surface area contributed by atoms with Gasteiger partial charge in [-0.15, -0.1) is 12.6 Å². The molecule has 0 saturated carbocycles. The molecule has 0 unspecified atom stereocenters. The minimum atomic E-state index is 0.199. The molecule has 0 amide bonds. The van der Waals surface area contributed by atoms with E-state index in [1.54, 1.807) is 0 Å². The zero-order valence-electron chi connectivity index (χ0n) is 9.83. The fraction of sp³-hybridized carbons (Fsp3) is 0.0769. The third-order valence-corrected chi connectivity index (χ3v) is 2.48. The predicted octanol–water partition coefficient (Wildman–Crippen LogP) is 2.95. The molecule has 0 atom stereocenters. The molecule has 0 aliphatic heterocycles. The van der Waals surface area contributed by atoms with Crippen molar-refractivity contribution in [2.75, 3.05) is 0 Å². The maximum Gasteiger partial charge on any atom is 0.119 e. The van der Waals surface area contributed by atoms with Crippen LogP contribution in [0, 0.1) is 6.92 Å². The first kappa shape index (κ1) is 12.4. The Morgan fingerprint density at radius 3 is 2.61 bits per heavy atom. The van der Waals surface area contributed by atoms with Crippen molar-refractivity contribution in [3.05, 3.63) is 48.4 Å². The highest BCUT2D eigenvalue weighted by molar-refractivity contribution is 7.80. The molecule has 1 aromatic carbocycles. The van der Waals surface area contributed by atoms with Crippen molar-refractivity contribution in [3.8, 4) is 5.75 Å². The first-order valence-electron chi connectivity index (χ1n) is 5.40. The van der Waals surface area contributed by atoms with Crippen LogP contribution in [0.15, 0.2) is 47.6 Å². The molecule has 0 radical (unpaired) electrons. The van der Waals surface area contributed by atoms with Gasteiger partial charge in [0.1, 0.15) is 11.6 Å². The zero-order chi connectivity index (χ0) is 13.0. The van der Waals surface area contributed by atoms with E-state index in [9.17, 15) is 0 Å². The van der Waals surface area contributed by atoms with Crippen LogP contribution in [-0.2, 0) is 0 Å². The van der Waals surface area contributed by atoms with Crippen molar-refractivity contribution < 1.29 is 5.11 Å². The van der Waals surface area contributed by atoms with Crippen LogP contribution in [0.2, 0.25) is 0 Å². The third-order valence-electron chi connectivity index (χ3n) is 2.24. The summed E-state index contributed by atoms with van der Waals surface area (Å²) >= 11 is 3.88. The molecule has 4 nitrogen and oxygen atoms in total. The minimum Gasteiger partial charge on any atom is -0.508 e. The standard InChI is InChI=1S/C8H8N2.C5H5NOS/c1-6-9-7-4-2-3-5-8(7)10-6;7-4-1-2-6-5(8)3-4/h2-5H,1H3,(H,9,10);1-3H,(H2,6,7,8). The van der Waals surface area contributed by atoms with Gasteiger partial charge >= 0.3 is 0 Å². The van der Waals surface area contributed by atoms with Gasteiger partial charge in [-0.25, -0.2) is 9.97 Å². The number of para-hydroxylation sites is 2. The summed E-state index contributed by atoms with van der Waals surface area (Å²) in [5.41, 5.74) is 2.15. The van der Waals surface area contributed by atoms with Gasteiger partial charge in [0, 0.05) is 12.3 Å². The average Bonchev–Trinajstić information content (AvgIpc) is 2.69. The summed E-state index contributed by atoms with van der Waals surface area (Å²) in [6.07, 6.45) is 1.50. The molecule has 18 heavy (non-hydrogen) atoms. The quantitative estimate of drug-likeness (QED) is 0.544. The van der Waals surface area contributed by atoms with Crippen LogP contribution in [0.3, 0.4) is 0 Å². The number of hydrogen-bond acceptors (Lipinski definition) is 4. The number of thiol groups is 1. The summed E-state index contributed by atoms with van der Waals surface area (Å²) in [7, 11) is 0. The molecule has 0 spiro atoms. The Morgan fingerprint density at radius 2 is 2.00 bits per heavy atom. The summed E-state index contributed by atoms with van der Waals surface area (Å²) in [6, 6.07) is 11.0. The van der Waals surface area contributed by atoms with Gasteiger partial charge in [-0.2, -0.15) is 0 Å². The molecule has 92 valence electrons. The Labute approximate surface area is 110 Å². The Kier molecular flexibility index (Phi) is 3.84. The van der Waals surface area contributed by atoms with Gasteiger partial charge < -0.3 is 10.1 Å². The number of nitrogens with zero attached hydrogens (tertiary/aromatic N) is 2. The van der Waals surface area contributed by atoms with E-state index < -0.39 is 0 Å². The first-order chi connectivity index (χ1) is 8.65. The molecule has 2 N–H and O–H groups in total. The van der Waals surface area contributed by atoms with Crippen molar-refractivity contribution in [1.29, 1.82) is 0 Å². The maximum absolute atomic E-state index is 8.72. The lowest BCUT2D eigenvalue weighted by atomic mass is 10.3. The zero-order valence-corrected chi connectivity index (χ0v) is 10.7. The molecule has 3 aromatic rings. The molecule has 0 aliphatic carbocycles. The van der Waals surface area contributed by atoms with E-state index in [0.717, 1.165) is 16.9 Å². The molecule has 0 bridgehead atoms. The van der Waals surface area contributed by atoms with Crippen LogP contribution in [0.5, 0.6) is 5.75 Å². The number of benzene rings is 1. The second-order valence-corrected chi connectivity index (χ2v) is 4.17. The molecule has 0 fully saturated rings. The number of nitrogens with one attached hydrogen (secondary N) is 1. The number of fused-ring (bicyclic) bond motifs is 1.